The van der Waals surface area contributed by atoms with E-state index in [0.29, 0.717) is 5.56 Å². The lowest BCUT2D eigenvalue weighted by Gasteiger charge is -2.38. The van der Waals surface area contributed by atoms with Crippen LogP contribution in [0, 0.1) is 11.3 Å². The second kappa shape index (κ2) is 6.16. The topological polar surface area (TPSA) is 27.0 Å². The van der Waals surface area contributed by atoms with Crippen LogP contribution < -0.4 is 4.90 Å². The molecular formula is C23H20N2S. The molecule has 2 nitrogen and oxygen atoms in total. The van der Waals surface area contributed by atoms with E-state index in [0.717, 1.165) is 5.69 Å². The molecular weight excluding hydrogens is 336 g/mol. The lowest BCUT2D eigenvalue weighted by atomic mass is 10.00. The van der Waals surface area contributed by atoms with Gasteiger partial charge in [0.25, 0.3) is 0 Å². The number of hydrogen-bond acceptors (Lipinski definition) is 3. The fourth-order valence-corrected chi connectivity index (χ4v) is 4.67. The maximum atomic E-state index is 9.33. The van der Waals surface area contributed by atoms with Crippen LogP contribution in [0.3, 0.4) is 0 Å². The molecule has 0 unspecified atom stereocenters. The van der Waals surface area contributed by atoms with Gasteiger partial charge in [0, 0.05) is 31.4 Å². The molecule has 0 saturated carbocycles. The molecule has 0 aliphatic carbocycles. The molecule has 0 fully saturated rings. The largest absolute Gasteiger partial charge is 0.336 e. The van der Waals surface area contributed by atoms with E-state index in [2.05, 4.69) is 80.3 Å². The highest BCUT2D eigenvalue weighted by molar-refractivity contribution is 7.25. The van der Waals surface area contributed by atoms with E-state index < -0.39 is 0 Å². The first-order chi connectivity index (χ1) is 12.5. The minimum atomic E-state index is -0.134. The molecule has 4 aromatic rings. The van der Waals surface area contributed by atoms with Crippen molar-refractivity contribution in [3.8, 4) is 6.07 Å². The predicted molar refractivity (Wildman–Crippen MR) is 112 cm³/mol. The zero-order chi connectivity index (χ0) is 18.3. The number of thiophene rings is 1. The highest BCUT2D eigenvalue weighted by Crippen LogP contribution is 2.44. The molecule has 0 amide bonds. The zero-order valence-electron chi connectivity index (χ0n) is 15.2. The highest BCUT2D eigenvalue weighted by Gasteiger charge is 2.26. The molecule has 0 bridgehead atoms. The standard InChI is InChI=1S/C23H20N2S/c1-23(2,3)25(17-9-6-8-16(14-17)15-24)19-11-7-13-21-22(19)18-10-4-5-12-20(18)26-21/h4-14H,1-3H3. The molecule has 3 heteroatoms. The molecule has 0 N–H and O–H groups in total. The molecule has 0 aliphatic heterocycles. The monoisotopic (exact) mass is 356 g/mol. The molecule has 26 heavy (non-hydrogen) atoms. The van der Waals surface area contributed by atoms with Crippen LogP contribution in [0.2, 0.25) is 0 Å². The minimum Gasteiger partial charge on any atom is -0.336 e. The van der Waals surface area contributed by atoms with E-state index in [1.165, 1.54) is 25.9 Å². The fourth-order valence-electron chi connectivity index (χ4n) is 3.54. The molecule has 1 aromatic heterocycles. The van der Waals surface area contributed by atoms with E-state index in [1.54, 1.807) is 0 Å². The van der Waals surface area contributed by atoms with Crippen molar-refractivity contribution in [3.05, 3.63) is 72.3 Å². The smallest absolute Gasteiger partial charge is 0.0992 e. The Morgan fingerprint density at radius 2 is 1.62 bits per heavy atom. The normalized spacial score (nSPS) is 11.6. The van der Waals surface area contributed by atoms with Crippen LogP contribution in [0.1, 0.15) is 26.3 Å². The van der Waals surface area contributed by atoms with Gasteiger partial charge >= 0.3 is 0 Å². The van der Waals surface area contributed by atoms with Gasteiger partial charge in [-0.05, 0) is 57.2 Å². The number of nitrogens with zero attached hydrogens (tertiary/aromatic N) is 2. The number of nitriles is 1. The van der Waals surface area contributed by atoms with Gasteiger partial charge in [-0.1, -0.05) is 30.3 Å². The van der Waals surface area contributed by atoms with E-state index in [1.807, 2.05) is 29.5 Å². The fraction of sp³-hybridized carbons (Fsp3) is 0.174. The quantitative estimate of drug-likeness (QED) is 0.392. The Bertz CT molecular complexity index is 1140. The third kappa shape index (κ3) is 2.73. The Labute approximate surface area is 157 Å². The number of fused-ring (bicyclic) bond motifs is 3. The summed E-state index contributed by atoms with van der Waals surface area (Å²) in [5.74, 6) is 0. The second-order valence-corrected chi connectivity index (χ2v) is 8.50. The number of anilines is 2. The van der Waals surface area contributed by atoms with Crippen LogP contribution >= 0.6 is 11.3 Å². The summed E-state index contributed by atoms with van der Waals surface area (Å²) in [7, 11) is 0. The van der Waals surface area contributed by atoms with Crippen molar-refractivity contribution < 1.29 is 0 Å². The summed E-state index contributed by atoms with van der Waals surface area (Å²) in [4.78, 5) is 2.34. The Morgan fingerprint density at radius 1 is 0.885 bits per heavy atom. The summed E-state index contributed by atoms with van der Waals surface area (Å²) in [6.45, 7) is 6.62. The van der Waals surface area contributed by atoms with Crippen molar-refractivity contribution in [1.82, 2.24) is 0 Å². The number of benzene rings is 3. The summed E-state index contributed by atoms with van der Waals surface area (Å²) in [5.41, 5.74) is 2.77. The van der Waals surface area contributed by atoms with Crippen LogP contribution in [0.25, 0.3) is 20.2 Å². The van der Waals surface area contributed by atoms with Gasteiger partial charge in [-0.15, -0.1) is 11.3 Å². The van der Waals surface area contributed by atoms with Gasteiger partial charge in [0.2, 0.25) is 0 Å². The average Bonchev–Trinajstić information content (AvgIpc) is 3.00. The maximum Gasteiger partial charge on any atom is 0.0992 e. The number of rotatable bonds is 2. The lowest BCUT2D eigenvalue weighted by Crippen LogP contribution is -2.37. The highest BCUT2D eigenvalue weighted by atomic mass is 32.1. The molecule has 3 aromatic carbocycles. The van der Waals surface area contributed by atoms with E-state index in [9.17, 15) is 5.26 Å². The molecule has 1 heterocycles. The molecule has 4 rings (SSSR count). The van der Waals surface area contributed by atoms with Crippen LogP contribution in [-0.4, -0.2) is 5.54 Å². The Hall–Kier alpha value is -2.83. The summed E-state index contributed by atoms with van der Waals surface area (Å²) in [6, 6.07) is 25.2. The van der Waals surface area contributed by atoms with Gasteiger partial charge in [-0.25, -0.2) is 0 Å². The molecule has 0 spiro atoms. The van der Waals surface area contributed by atoms with Gasteiger partial charge in [-0.2, -0.15) is 5.26 Å². The third-order valence-corrected chi connectivity index (χ3v) is 5.66. The van der Waals surface area contributed by atoms with Crippen LogP contribution in [0.15, 0.2) is 66.7 Å². The molecule has 0 aliphatic rings. The zero-order valence-corrected chi connectivity index (χ0v) is 16.0. The van der Waals surface area contributed by atoms with Crippen molar-refractivity contribution >= 4 is 42.9 Å². The molecule has 0 atom stereocenters. The van der Waals surface area contributed by atoms with Gasteiger partial charge in [0.1, 0.15) is 0 Å². The van der Waals surface area contributed by atoms with Crippen LogP contribution in [0.5, 0.6) is 0 Å². The SMILES string of the molecule is CC(C)(C)N(c1cccc(C#N)c1)c1cccc2sc3ccccc3c12. The summed E-state index contributed by atoms with van der Waals surface area (Å²) >= 11 is 1.83. The van der Waals surface area contributed by atoms with Crippen molar-refractivity contribution in [1.29, 1.82) is 5.26 Å². The van der Waals surface area contributed by atoms with E-state index >= 15 is 0 Å². The van der Waals surface area contributed by atoms with Crippen molar-refractivity contribution in [2.75, 3.05) is 4.90 Å². The average molecular weight is 356 g/mol. The molecule has 0 saturated heterocycles. The Balaban J connectivity index is 2.05. The van der Waals surface area contributed by atoms with Crippen molar-refractivity contribution in [2.45, 2.75) is 26.3 Å². The molecule has 128 valence electrons. The first-order valence-electron chi connectivity index (χ1n) is 8.70. The van der Waals surface area contributed by atoms with Crippen molar-refractivity contribution in [3.63, 3.8) is 0 Å². The first kappa shape index (κ1) is 16.6. The summed E-state index contributed by atoms with van der Waals surface area (Å²) in [5, 5.41) is 11.9. The van der Waals surface area contributed by atoms with E-state index in [4.69, 9.17) is 0 Å². The summed E-state index contributed by atoms with van der Waals surface area (Å²) in [6.07, 6.45) is 0. The number of hydrogen-bond donors (Lipinski definition) is 0. The predicted octanol–water partition coefficient (Wildman–Crippen LogP) is 6.86. The van der Waals surface area contributed by atoms with E-state index in [-0.39, 0.29) is 5.54 Å². The van der Waals surface area contributed by atoms with Gasteiger partial charge in [-0.3, -0.25) is 0 Å². The van der Waals surface area contributed by atoms with Gasteiger partial charge in [0.05, 0.1) is 17.3 Å². The summed E-state index contributed by atoms with van der Waals surface area (Å²) < 4.78 is 2.59. The second-order valence-electron chi connectivity index (χ2n) is 7.42. The van der Waals surface area contributed by atoms with Gasteiger partial charge < -0.3 is 4.90 Å². The Kier molecular flexibility index (Phi) is 3.94. The first-order valence-corrected chi connectivity index (χ1v) is 9.51. The Morgan fingerprint density at radius 3 is 2.38 bits per heavy atom. The minimum absolute atomic E-state index is 0.134. The maximum absolute atomic E-state index is 9.33. The molecule has 0 radical (unpaired) electrons. The lowest BCUT2D eigenvalue weighted by molar-refractivity contribution is 0.561. The van der Waals surface area contributed by atoms with Crippen molar-refractivity contribution in [2.24, 2.45) is 0 Å². The third-order valence-electron chi connectivity index (χ3n) is 4.53. The van der Waals surface area contributed by atoms with Crippen LogP contribution in [0.4, 0.5) is 11.4 Å². The van der Waals surface area contributed by atoms with Gasteiger partial charge in [0.15, 0.2) is 0 Å². The van der Waals surface area contributed by atoms with Crippen LogP contribution in [-0.2, 0) is 0 Å².